The van der Waals surface area contributed by atoms with Crippen LogP contribution < -0.4 is 19.5 Å². The van der Waals surface area contributed by atoms with Crippen molar-refractivity contribution in [3.63, 3.8) is 0 Å². The molecule has 154 valence electrons. The molecule has 0 spiro atoms. The van der Waals surface area contributed by atoms with Gasteiger partial charge in [-0.05, 0) is 61.0 Å². The Labute approximate surface area is 178 Å². The van der Waals surface area contributed by atoms with Crippen LogP contribution in [0.15, 0.2) is 59.5 Å². The number of fused-ring (bicyclic) bond motifs is 2. The van der Waals surface area contributed by atoms with Gasteiger partial charge >= 0.3 is 0 Å². The average Bonchev–Trinajstić information content (AvgIpc) is 2.83. The molecule has 0 atom stereocenters. The van der Waals surface area contributed by atoms with E-state index in [-0.39, 0.29) is 21.2 Å². The van der Waals surface area contributed by atoms with E-state index in [1.807, 2.05) is 13.0 Å². The highest BCUT2D eigenvalue weighted by atomic mass is 35.5. The Balaban J connectivity index is 1.65. The van der Waals surface area contributed by atoms with E-state index in [0.717, 1.165) is 5.56 Å². The Morgan fingerprint density at radius 2 is 1.80 bits per heavy atom. The lowest BCUT2D eigenvalue weighted by Crippen LogP contribution is -2.15. The summed E-state index contributed by atoms with van der Waals surface area (Å²) in [5, 5.41) is 2.96. The highest BCUT2D eigenvalue weighted by Gasteiger charge is 2.23. The van der Waals surface area contributed by atoms with Crippen molar-refractivity contribution in [3.8, 4) is 17.2 Å². The minimum absolute atomic E-state index is 0.0353. The van der Waals surface area contributed by atoms with Crippen LogP contribution in [0.3, 0.4) is 0 Å². The second-order valence-corrected chi connectivity index (χ2v) is 8.76. The number of hydrogen-bond donors (Lipinski definition) is 2. The lowest BCUT2D eigenvalue weighted by atomic mass is 10.1. The third-order valence-electron chi connectivity index (χ3n) is 4.51. The molecule has 1 amide bonds. The van der Waals surface area contributed by atoms with Crippen molar-refractivity contribution in [2.75, 3.05) is 17.1 Å². The summed E-state index contributed by atoms with van der Waals surface area (Å²) in [6.07, 6.45) is 0. The van der Waals surface area contributed by atoms with E-state index < -0.39 is 15.9 Å². The van der Waals surface area contributed by atoms with Crippen LogP contribution in [0.1, 0.15) is 15.9 Å². The molecule has 0 fully saturated rings. The van der Waals surface area contributed by atoms with Gasteiger partial charge in [0.25, 0.3) is 15.9 Å². The van der Waals surface area contributed by atoms with Crippen LogP contribution in [-0.4, -0.2) is 21.4 Å². The van der Waals surface area contributed by atoms with Crippen molar-refractivity contribution in [2.24, 2.45) is 0 Å². The maximum Gasteiger partial charge on any atom is 0.261 e. The fourth-order valence-electron chi connectivity index (χ4n) is 3.03. The third-order valence-corrected chi connectivity index (χ3v) is 6.19. The molecule has 1 heterocycles. The second kappa shape index (κ2) is 7.55. The molecular formula is C21H17ClN2O5S. The predicted octanol–water partition coefficient (Wildman–Crippen LogP) is 4.82. The minimum atomic E-state index is -3.94. The molecule has 0 saturated carbocycles. The molecule has 7 nitrogen and oxygen atoms in total. The summed E-state index contributed by atoms with van der Waals surface area (Å²) in [5.41, 5.74) is 1.93. The standard InChI is InChI=1S/C21H17ClN2O5S/c1-12-3-6-20-17(9-12)23-21(25)15-10-13(4-7-18(15)29-20)24-30(26,27)14-5-8-19(28-2)16(22)11-14/h3-11,24H,1-2H3,(H,23,25). The summed E-state index contributed by atoms with van der Waals surface area (Å²) < 4.78 is 38.8. The summed E-state index contributed by atoms with van der Waals surface area (Å²) in [5.74, 6) is 0.798. The van der Waals surface area contributed by atoms with Crippen molar-refractivity contribution < 1.29 is 22.7 Å². The molecule has 9 heteroatoms. The van der Waals surface area contributed by atoms with Gasteiger partial charge in [0, 0.05) is 5.69 Å². The van der Waals surface area contributed by atoms with E-state index in [9.17, 15) is 13.2 Å². The van der Waals surface area contributed by atoms with Crippen LogP contribution in [0.5, 0.6) is 17.2 Å². The van der Waals surface area contributed by atoms with E-state index in [1.165, 1.54) is 37.4 Å². The zero-order valence-electron chi connectivity index (χ0n) is 16.0. The molecule has 4 rings (SSSR count). The highest BCUT2D eigenvalue weighted by molar-refractivity contribution is 7.92. The number of methoxy groups -OCH3 is 1. The lowest BCUT2D eigenvalue weighted by molar-refractivity contribution is 0.102. The van der Waals surface area contributed by atoms with Crippen molar-refractivity contribution >= 4 is 38.9 Å². The summed E-state index contributed by atoms with van der Waals surface area (Å²) >= 11 is 6.04. The quantitative estimate of drug-likeness (QED) is 0.602. The molecule has 0 unspecified atom stereocenters. The monoisotopic (exact) mass is 444 g/mol. The third kappa shape index (κ3) is 3.79. The Morgan fingerprint density at radius 3 is 2.53 bits per heavy atom. The van der Waals surface area contributed by atoms with Crippen LogP contribution in [0.25, 0.3) is 0 Å². The Morgan fingerprint density at radius 1 is 1.03 bits per heavy atom. The number of ether oxygens (including phenoxy) is 2. The van der Waals surface area contributed by atoms with Crippen molar-refractivity contribution in [2.45, 2.75) is 11.8 Å². The molecule has 1 aliphatic rings. The zero-order chi connectivity index (χ0) is 21.5. The van der Waals surface area contributed by atoms with E-state index in [0.29, 0.717) is 22.9 Å². The molecule has 2 N–H and O–H groups in total. The summed E-state index contributed by atoms with van der Waals surface area (Å²) in [7, 11) is -2.50. The normalized spacial score (nSPS) is 12.7. The van der Waals surface area contributed by atoms with Gasteiger partial charge in [-0.3, -0.25) is 9.52 Å². The molecular weight excluding hydrogens is 428 g/mol. The van der Waals surface area contributed by atoms with Crippen LogP contribution in [0.2, 0.25) is 5.02 Å². The van der Waals surface area contributed by atoms with E-state index in [4.69, 9.17) is 21.1 Å². The van der Waals surface area contributed by atoms with Gasteiger partial charge in [-0.2, -0.15) is 0 Å². The fraction of sp³-hybridized carbons (Fsp3) is 0.0952. The van der Waals surface area contributed by atoms with Crippen LogP contribution in [0.4, 0.5) is 11.4 Å². The zero-order valence-corrected chi connectivity index (χ0v) is 17.6. The Hall–Kier alpha value is -3.23. The number of hydrogen-bond acceptors (Lipinski definition) is 5. The number of aryl methyl sites for hydroxylation is 1. The molecule has 3 aromatic carbocycles. The first-order chi connectivity index (χ1) is 14.3. The first-order valence-corrected chi connectivity index (χ1v) is 10.7. The van der Waals surface area contributed by atoms with Gasteiger partial charge in [-0.15, -0.1) is 0 Å². The van der Waals surface area contributed by atoms with E-state index in [1.54, 1.807) is 18.2 Å². The molecule has 30 heavy (non-hydrogen) atoms. The number of amides is 1. The Kier molecular flexibility index (Phi) is 5.05. The number of anilines is 2. The first kappa shape index (κ1) is 20.1. The van der Waals surface area contributed by atoms with Gasteiger partial charge in [0.15, 0.2) is 5.75 Å². The van der Waals surface area contributed by atoms with Gasteiger partial charge in [0.05, 0.1) is 28.3 Å². The number of carbonyl (C=O) groups excluding carboxylic acids is 1. The predicted molar refractivity (Wildman–Crippen MR) is 114 cm³/mol. The average molecular weight is 445 g/mol. The summed E-state index contributed by atoms with van der Waals surface area (Å²) in [6, 6.07) is 14.1. The highest BCUT2D eigenvalue weighted by Crippen LogP contribution is 2.37. The minimum Gasteiger partial charge on any atom is -0.495 e. The maximum absolute atomic E-state index is 12.7. The smallest absolute Gasteiger partial charge is 0.261 e. The number of sulfonamides is 1. The van der Waals surface area contributed by atoms with Crippen LogP contribution in [0, 0.1) is 6.92 Å². The number of carbonyl (C=O) groups is 1. The second-order valence-electron chi connectivity index (χ2n) is 6.67. The van der Waals surface area contributed by atoms with Gasteiger partial charge in [0.1, 0.15) is 11.5 Å². The summed E-state index contributed by atoms with van der Waals surface area (Å²) in [6.45, 7) is 1.91. The lowest BCUT2D eigenvalue weighted by Gasteiger charge is -2.12. The first-order valence-electron chi connectivity index (χ1n) is 8.87. The fourth-order valence-corrected chi connectivity index (χ4v) is 4.42. The topological polar surface area (TPSA) is 93.7 Å². The summed E-state index contributed by atoms with van der Waals surface area (Å²) in [4.78, 5) is 12.6. The molecule has 0 radical (unpaired) electrons. The maximum atomic E-state index is 12.7. The molecule has 0 aromatic heterocycles. The molecule has 0 bridgehead atoms. The molecule has 0 aliphatic carbocycles. The largest absolute Gasteiger partial charge is 0.495 e. The van der Waals surface area contributed by atoms with Crippen molar-refractivity contribution in [1.82, 2.24) is 0 Å². The number of nitrogens with one attached hydrogen (secondary N) is 2. The molecule has 3 aromatic rings. The molecule has 1 aliphatic heterocycles. The molecule has 0 saturated heterocycles. The SMILES string of the molecule is COc1ccc(S(=O)(=O)Nc2ccc3c(c2)C(=O)Nc2cc(C)ccc2O3)cc1Cl. The van der Waals surface area contributed by atoms with E-state index >= 15 is 0 Å². The van der Waals surface area contributed by atoms with E-state index in [2.05, 4.69) is 10.0 Å². The Bertz CT molecular complexity index is 1270. The van der Waals surface area contributed by atoms with Crippen molar-refractivity contribution in [3.05, 3.63) is 70.7 Å². The van der Waals surface area contributed by atoms with Crippen LogP contribution >= 0.6 is 11.6 Å². The number of halogens is 1. The number of benzene rings is 3. The van der Waals surface area contributed by atoms with Gasteiger partial charge in [0.2, 0.25) is 0 Å². The van der Waals surface area contributed by atoms with Gasteiger partial charge in [-0.25, -0.2) is 8.42 Å². The van der Waals surface area contributed by atoms with Gasteiger partial charge < -0.3 is 14.8 Å². The van der Waals surface area contributed by atoms with Gasteiger partial charge in [-0.1, -0.05) is 17.7 Å². The number of rotatable bonds is 4. The van der Waals surface area contributed by atoms with Crippen molar-refractivity contribution in [1.29, 1.82) is 0 Å². The van der Waals surface area contributed by atoms with Crippen LogP contribution in [-0.2, 0) is 10.0 Å².